The van der Waals surface area contributed by atoms with Crippen LogP contribution in [0.2, 0.25) is 10.0 Å². The summed E-state index contributed by atoms with van der Waals surface area (Å²) in [5.41, 5.74) is 1.49. The lowest BCUT2D eigenvalue weighted by molar-refractivity contribution is 0.169. The Labute approximate surface area is 129 Å². The average molecular weight is 317 g/mol. The third-order valence-electron chi connectivity index (χ3n) is 3.55. The summed E-state index contributed by atoms with van der Waals surface area (Å²) < 4.78 is 14.4. The van der Waals surface area contributed by atoms with Crippen molar-refractivity contribution in [2.45, 2.75) is 19.4 Å². The zero-order valence-corrected chi connectivity index (χ0v) is 13.1. The molecule has 0 saturated carbocycles. The maximum Gasteiger partial charge on any atom is 0.148 e. The zero-order valence-electron chi connectivity index (χ0n) is 11.6. The van der Waals surface area contributed by atoms with Crippen LogP contribution in [0.25, 0.3) is 0 Å². The Bertz CT molecular complexity index is 499. The molecule has 0 unspecified atom stereocenters. The van der Waals surface area contributed by atoms with Crippen LogP contribution in [0.5, 0.6) is 0 Å². The van der Waals surface area contributed by atoms with E-state index < -0.39 is 5.82 Å². The van der Waals surface area contributed by atoms with Crippen LogP contribution in [-0.4, -0.2) is 31.1 Å². The van der Waals surface area contributed by atoms with Gasteiger partial charge in [-0.25, -0.2) is 4.39 Å². The summed E-state index contributed by atoms with van der Waals surface area (Å²) in [5, 5.41) is 3.84. The van der Waals surface area contributed by atoms with Crippen molar-refractivity contribution in [2.75, 3.05) is 26.2 Å². The Morgan fingerprint density at radius 1 is 1.35 bits per heavy atom. The van der Waals surface area contributed by atoms with Gasteiger partial charge in [-0.1, -0.05) is 28.8 Å². The largest absolute Gasteiger partial charge is 0.314 e. The Hall–Kier alpha value is -0.610. The molecule has 20 heavy (non-hydrogen) atoms. The molecule has 1 aromatic rings. The molecule has 0 bridgehead atoms. The monoisotopic (exact) mass is 316 g/mol. The summed E-state index contributed by atoms with van der Waals surface area (Å²) in [4.78, 5) is 2.24. The molecule has 110 valence electrons. The first-order chi connectivity index (χ1) is 9.50. The van der Waals surface area contributed by atoms with Gasteiger partial charge in [0.1, 0.15) is 5.82 Å². The highest BCUT2D eigenvalue weighted by atomic mass is 35.5. The van der Waals surface area contributed by atoms with Crippen LogP contribution in [0.4, 0.5) is 4.39 Å². The van der Waals surface area contributed by atoms with Crippen LogP contribution in [0.1, 0.15) is 24.9 Å². The van der Waals surface area contributed by atoms with Crippen LogP contribution in [0.3, 0.4) is 0 Å². The van der Waals surface area contributed by atoms with E-state index in [9.17, 15) is 4.39 Å². The van der Waals surface area contributed by atoms with E-state index in [-0.39, 0.29) is 11.1 Å². The molecule has 0 amide bonds. The van der Waals surface area contributed by atoms with E-state index in [4.69, 9.17) is 23.2 Å². The SMILES string of the molecule is C=C(C)C[C@@H](c1c(Cl)ccc(Cl)c1F)N1CCNCC1. The minimum absolute atomic E-state index is 0.110. The van der Waals surface area contributed by atoms with Crippen molar-refractivity contribution in [3.63, 3.8) is 0 Å². The molecule has 1 aliphatic rings. The van der Waals surface area contributed by atoms with Gasteiger partial charge < -0.3 is 5.32 Å². The first-order valence-corrected chi connectivity index (χ1v) is 7.49. The van der Waals surface area contributed by atoms with Crippen LogP contribution in [0, 0.1) is 5.82 Å². The van der Waals surface area contributed by atoms with Gasteiger partial charge in [0.05, 0.1) is 5.02 Å². The van der Waals surface area contributed by atoms with Gasteiger partial charge >= 0.3 is 0 Å². The molecular formula is C15H19Cl2FN2. The smallest absolute Gasteiger partial charge is 0.148 e. The van der Waals surface area contributed by atoms with E-state index in [1.54, 1.807) is 6.07 Å². The number of nitrogens with one attached hydrogen (secondary N) is 1. The van der Waals surface area contributed by atoms with Gasteiger partial charge in [-0.3, -0.25) is 4.90 Å². The van der Waals surface area contributed by atoms with Gasteiger partial charge in [-0.05, 0) is 25.5 Å². The van der Waals surface area contributed by atoms with Crippen molar-refractivity contribution < 1.29 is 4.39 Å². The van der Waals surface area contributed by atoms with Crippen LogP contribution in [0.15, 0.2) is 24.3 Å². The summed E-state index contributed by atoms with van der Waals surface area (Å²) >= 11 is 12.1. The second kappa shape index (κ2) is 6.90. The van der Waals surface area contributed by atoms with Gasteiger partial charge in [-0.15, -0.1) is 6.58 Å². The van der Waals surface area contributed by atoms with Gasteiger partial charge in [0, 0.05) is 42.8 Å². The second-order valence-corrected chi connectivity index (χ2v) is 6.03. The third kappa shape index (κ3) is 3.53. The second-order valence-electron chi connectivity index (χ2n) is 5.22. The summed E-state index contributed by atoms with van der Waals surface area (Å²) in [7, 11) is 0. The number of hydrogen-bond donors (Lipinski definition) is 1. The van der Waals surface area contributed by atoms with E-state index >= 15 is 0 Å². The summed E-state index contributed by atoms with van der Waals surface area (Å²) in [6.45, 7) is 9.42. The number of rotatable bonds is 4. The fourth-order valence-electron chi connectivity index (χ4n) is 2.59. The molecule has 0 spiro atoms. The fourth-order valence-corrected chi connectivity index (χ4v) is 3.02. The van der Waals surface area contributed by atoms with Crippen molar-refractivity contribution in [3.05, 3.63) is 45.7 Å². The molecule has 0 aliphatic carbocycles. The molecule has 5 heteroatoms. The molecule has 1 aliphatic heterocycles. The zero-order chi connectivity index (χ0) is 14.7. The average Bonchev–Trinajstić information content (AvgIpc) is 2.43. The normalized spacial score (nSPS) is 18.0. The van der Waals surface area contributed by atoms with Crippen LogP contribution in [-0.2, 0) is 0 Å². The first kappa shape index (κ1) is 15.8. The minimum Gasteiger partial charge on any atom is -0.314 e. The van der Waals surface area contributed by atoms with E-state index in [0.717, 1.165) is 31.8 Å². The molecule has 1 aromatic carbocycles. The third-order valence-corrected chi connectivity index (χ3v) is 4.17. The quantitative estimate of drug-likeness (QED) is 0.666. The number of benzene rings is 1. The Balaban J connectivity index is 2.40. The van der Waals surface area contributed by atoms with E-state index in [1.165, 1.54) is 6.07 Å². The lowest BCUT2D eigenvalue weighted by Crippen LogP contribution is -2.45. The van der Waals surface area contributed by atoms with Crippen molar-refractivity contribution in [3.8, 4) is 0 Å². The highest BCUT2D eigenvalue weighted by Crippen LogP contribution is 2.36. The Morgan fingerprint density at radius 2 is 1.95 bits per heavy atom. The standard InChI is InChI=1S/C15H19Cl2FN2/c1-10(2)9-13(20-7-5-19-6-8-20)14-11(16)3-4-12(17)15(14)18/h3-4,13,19H,1,5-9H2,2H3/t13-/m0/s1. The van der Waals surface area contributed by atoms with E-state index in [1.807, 2.05) is 6.92 Å². The maximum absolute atomic E-state index is 14.4. The van der Waals surface area contributed by atoms with E-state index in [0.29, 0.717) is 17.0 Å². The number of hydrogen-bond acceptors (Lipinski definition) is 2. The topological polar surface area (TPSA) is 15.3 Å². The lowest BCUT2D eigenvalue weighted by atomic mass is 9.97. The molecule has 1 fully saturated rings. The molecule has 1 heterocycles. The number of nitrogens with zero attached hydrogens (tertiary/aromatic N) is 1. The highest BCUT2D eigenvalue weighted by molar-refractivity contribution is 6.33. The van der Waals surface area contributed by atoms with Crippen molar-refractivity contribution in [1.29, 1.82) is 0 Å². The Kier molecular flexibility index (Phi) is 5.44. The first-order valence-electron chi connectivity index (χ1n) is 6.73. The van der Waals surface area contributed by atoms with Crippen molar-refractivity contribution in [2.24, 2.45) is 0 Å². The molecule has 2 rings (SSSR count). The lowest BCUT2D eigenvalue weighted by Gasteiger charge is -2.36. The predicted octanol–water partition coefficient (Wildman–Crippen LogP) is 4.05. The van der Waals surface area contributed by atoms with Gasteiger partial charge in [-0.2, -0.15) is 0 Å². The van der Waals surface area contributed by atoms with Crippen molar-refractivity contribution >= 4 is 23.2 Å². The Morgan fingerprint density at radius 3 is 2.55 bits per heavy atom. The molecular weight excluding hydrogens is 298 g/mol. The van der Waals surface area contributed by atoms with E-state index in [2.05, 4.69) is 16.8 Å². The predicted molar refractivity (Wildman–Crippen MR) is 83.0 cm³/mol. The van der Waals surface area contributed by atoms with Crippen LogP contribution >= 0.6 is 23.2 Å². The molecule has 1 saturated heterocycles. The minimum atomic E-state index is -0.413. The van der Waals surface area contributed by atoms with Crippen molar-refractivity contribution in [1.82, 2.24) is 10.2 Å². The summed E-state index contributed by atoms with van der Waals surface area (Å²) in [5.74, 6) is -0.413. The van der Waals surface area contributed by atoms with Gasteiger partial charge in [0.2, 0.25) is 0 Å². The van der Waals surface area contributed by atoms with Gasteiger partial charge in [0.25, 0.3) is 0 Å². The molecule has 1 N–H and O–H groups in total. The molecule has 1 atom stereocenters. The van der Waals surface area contributed by atoms with Gasteiger partial charge in [0.15, 0.2) is 0 Å². The molecule has 2 nitrogen and oxygen atoms in total. The highest BCUT2D eigenvalue weighted by Gasteiger charge is 2.27. The summed E-state index contributed by atoms with van der Waals surface area (Å²) in [6, 6.07) is 3.05. The summed E-state index contributed by atoms with van der Waals surface area (Å²) in [6.07, 6.45) is 0.678. The number of piperazine rings is 1. The van der Waals surface area contributed by atoms with Crippen LogP contribution < -0.4 is 5.32 Å². The maximum atomic E-state index is 14.4. The molecule has 0 aromatic heterocycles. The number of halogens is 3. The fraction of sp³-hybridized carbons (Fsp3) is 0.467. The molecule has 0 radical (unpaired) electrons.